The van der Waals surface area contributed by atoms with Crippen molar-refractivity contribution in [1.29, 1.82) is 0 Å². The molecule has 2 aromatic heterocycles. The van der Waals surface area contributed by atoms with E-state index < -0.39 is 18.1 Å². The Labute approximate surface area is 201 Å². The predicted octanol–water partition coefficient (Wildman–Crippen LogP) is 2.93. The minimum absolute atomic E-state index is 0.00621. The Hall–Kier alpha value is -4.68. The lowest BCUT2D eigenvalue weighted by atomic mass is 10.1. The molecular formula is C23H20F3N5O5. The Kier molecular flexibility index (Phi) is 8.04. The SMILES string of the molecule is COc1ccc(CCNC(=O)c2nc3ccc(-c4cn[nH]c4)cc3c(=O)[nH]2)cc1.O=C(O)C(F)(F)F. The van der Waals surface area contributed by atoms with E-state index in [1.807, 2.05) is 30.3 Å². The van der Waals surface area contributed by atoms with Crippen LogP contribution in [0.15, 0.2) is 59.7 Å². The summed E-state index contributed by atoms with van der Waals surface area (Å²) in [6.07, 6.45) is -1.01. The number of aromatic amines is 2. The van der Waals surface area contributed by atoms with E-state index in [1.54, 1.807) is 31.6 Å². The van der Waals surface area contributed by atoms with Crippen LogP contribution >= 0.6 is 0 Å². The lowest BCUT2D eigenvalue weighted by molar-refractivity contribution is -0.192. The highest BCUT2D eigenvalue weighted by atomic mass is 19.4. The van der Waals surface area contributed by atoms with Gasteiger partial charge in [0.15, 0.2) is 5.82 Å². The van der Waals surface area contributed by atoms with Crippen LogP contribution in [0.5, 0.6) is 5.75 Å². The quantitative estimate of drug-likeness (QED) is 0.316. The van der Waals surface area contributed by atoms with Gasteiger partial charge in [0.1, 0.15) is 5.75 Å². The second kappa shape index (κ2) is 11.2. The molecule has 1 amide bonds. The largest absolute Gasteiger partial charge is 0.497 e. The van der Waals surface area contributed by atoms with Crippen molar-refractivity contribution in [2.75, 3.05) is 13.7 Å². The number of alkyl halides is 3. The summed E-state index contributed by atoms with van der Waals surface area (Å²) in [7, 11) is 1.62. The molecule has 0 aliphatic carbocycles. The van der Waals surface area contributed by atoms with Gasteiger partial charge >= 0.3 is 12.1 Å². The van der Waals surface area contributed by atoms with Gasteiger partial charge in [-0.05, 0) is 41.8 Å². The van der Waals surface area contributed by atoms with Gasteiger partial charge in [-0.1, -0.05) is 18.2 Å². The van der Waals surface area contributed by atoms with E-state index in [4.69, 9.17) is 14.6 Å². The van der Waals surface area contributed by atoms with E-state index >= 15 is 0 Å². The molecule has 4 aromatic rings. The van der Waals surface area contributed by atoms with Crippen LogP contribution in [0.3, 0.4) is 0 Å². The van der Waals surface area contributed by atoms with Gasteiger partial charge in [-0.3, -0.25) is 14.7 Å². The first kappa shape index (κ1) is 25.9. The Balaban J connectivity index is 0.000000454. The van der Waals surface area contributed by atoms with Crippen molar-refractivity contribution < 1.29 is 32.6 Å². The molecule has 188 valence electrons. The second-order valence-electron chi connectivity index (χ2n) is 7.29. The number of hydrogen-bond donors (Lipinski definition) is 4. The molecule has 4 rings (SSSR count). The minimum Gasteiger partial charge on any atom is -0.497 e. The lowest BCUT2D eigenvalue weighted by Gasteiger charge is -2.07. The van der Waals surface area contributed by atoms with Crippen molar-refractivity contribution in [1.82, 2.24) is 25.5 Å². The van der Waals surface area contributed by atoms with Crippen molar-refractivity contribution in [3.8, 4) is 16.9 Å². The fraction of sp³-hybridized carbons (Fsp3) is 0.174. The molecule has 0 spiro atoms. The van der Waals surface area contributed by atoms with Crippen molar-refractivity contribution in [2.24, 2.45) is 0 Å². The van der Waals surface area contributed by atoms with Gasteiger partial charge in [-0.2, -0.15) is 18.3 Å². The Bertz CT molecular complexity index is 1400. The summed E-state index contributed by atoms with van der Waals surface area (Å²) in [5.74, 6) is -2.40. The number of amides is 1. The number of ether oxygens (including phenoxy) is 1. The molecule has 0 unspecified atom stereocenters. The highest BCUT2D eigenvalue weighted by molar-refractivity contribution is 5.93. The summed E-state index contributed by atoms with van der Waals surface area (Å²) in [6, 6.07) is 12.9. The smallest absolute Gasteiger partial charge is 0.490 e. The van der Waals surface area contributed by atoms with Crippen LogP contribution in [0.25, 0.3) is 22.0 Å². The third-order valence-electron chi connectivity index (χ3n) is 4.85. The number of halogens is 3. The molecule has 0 aliphatic rings. The molecular weight excluding hydrogens is 483 g/mol. The normalized spacial score (nSPS) is 10.9. The summed E-state index contributed by atoms with van der Waals surface area (Å²) in [6.45, 7) is 0.423. The molecule has 0 radical (unpaired) electrons. The number of hydrogen-bond acceptors (Lipinski definition) is 6. The van der Waals surface area contributed by atoms with E-state index in [1.165, 1.54) is 0 Å². The van der Waals surface area contributed by atoms with E-state index in [9.17, 15) is 22.8 Å². The molecule has 0 saturated carbocycles. The van der Waals surface area contributed by atoms with Gasteiger partial charge < -0.3 is 20.1 Å². The Morgan fingerprint density at radius 3 is 2.39 bits per heavy atom. The van der Waals surface area contributed by atoms with E-state index in [-0.39, 0.29) is 11.4 Å². The first-order valence-corrected chi connectivity index (χ1v) is 10.3. The van der Waals surface area contributed by atoms with Gasteiger partial charge in [0.2, 0.25) is 0 Å². The molecule has 0 bridgehead atoms. The van der Waals surface area contributed by atoms with Crippen molar-refractivity contribution >= 4 is 22.8 Å². The molecule has 4 N–H and O–H groups in total. The van der Waals surface area contributed by atoms with Crippen LogP contribution < -0.4 is 15.6 Å². The number of nitrogens with one attached hydrogen (secondary N) is 3. The fourth-order valence-corrected chi connectivity index (χ4v) is 3.03. The molecule has 36 heavy (non-hydrogen) atoms. The zero-order valence-corrected chi connectivity index (χ0v) is 18.7. The van der Waals surface area contributed by atoms with Crippen LogP contribution in [-0.2, 0) is 11.2 Å². The number of nitrogens with zero attached hydrogens (tertiary/aromatic N) is 2. The maximum atomic E-state index is 12.5. The summed E-state index contributed by atoms with van der Waals surface area (Å²) in [5.41, 5.74) is 2.88. The number of benzene rings is 2. The number of carbonyl (C=O) groups is 2. The number of carboxylic acids is 1. The van der Waals surface area contributed by atoms with E-state index in [0.29, 0.717) is 23.9 Å². The van der Waals surface area contributed by atoms with Crippen LogP contribution in [0.1, 0.15) is 16.2 Å². The molecule has 2 aromatic carbocycles. The Morgan fingerprint density at radius 1 is 1.11 bits per heavy atom. The number of aromatic nitrogens is 4. The molecule has 0 fully saturated rings. The van der Waals surface area contributed by atoms with Gasteiger partial charge in [-0.25, -0.2) is 9.78 Å². The first-order chi connectivity index (χ1) is 17.1. The zero-order valence-electron chi connectivity index (χ0n) is 18.7. The maximum Gasteiger partial charge on any atom is 0.490 e. The zero-order chi connectivity index (χ0) is 26.3. The summed E-state index contributed by atoms with van der Waals surface area (Å²) < 4.78 is 36.9. The first-order valence-electron chi connectivity index (χ1n) is 10.3. The standard InChI is InChI=1S/C21H19N5O3.C2HF3O2/c1-29-16-5-2-13(3-6-16)8-9-22-21(28)19-25-18-7-4-14(15-11-23-24-12-15)10-17(18)20(27)26-19;3-2(4,5)1(6)7/h2-7,10-12H,8-9H2,1H3,(H,22,28)(H,23,24)(H,25,26,27);(H,6,7). The average Bonchev–Trinajstić information content (AvgIpc) is 3.39. The van der Waals surface area contributed by atoms with Gasteiger partial charge in [0.25, 0.3) is 11.5 Å². The minimum atomic E-state index is -5.08. The predicted molar refractivity (Wildman–Crippen MR) is 123 cm³/mol. The molecule has 13 heteroatoms. The molecule has 0 aliphatic heterocycles. The van der Waals surface area contributed by atoms with Gasteiger partial charge in [-0.15, -0.1) is 0 Å². The number of H-pyrrole nitrogens is 2. The third-order valence-corrected chi connectivity index (χ3v) is 4.85. The Morgan fingerprint density at radius 2 is 1.81 bits per heavy atom. The summed E-state index contributed by atoms with van der Waals surface area (Å²) >= 11 is 0. The highest BCUT2D eigenvalue weighted by Crippen LogP contribution is 2.21. The van der Waals surface area contributed by atoms with Crippen molar-refractivity contribution in [2.45, 2.75) is 12.6 Å². The average molecular weight is 503 g/mol. The summed E-state index contributed by atoms with van der Waals surface area (Å²) in [5, 5.41) is 17.0. The third kappa shape index (κ3) is 6.68. The van der Waals surface area contributed by atoms with E-state index in [0.717, 1.165) is 22.4 Å². The topological polar surface area (TPSA) is 150 Å². The number of methoxy groups -OCH3 is 1. The molecule has 2 heterocycles. The summed E-state index contributed by atoms with van der Waals surface area (Å²) in [4.78, 5) is 40.6. The van der Waals surface area contributed by atoms with E-state index in [2.05, 4.69) is 25.5 Å². The van der Waals surface area contributed by atoms with Crippen molar-refractivity contribution in [3.63, 3.8) is 0 Å². The second-order valence-corrected chi connectivity index (χ2v) is 7.29. The van der Waals surface area contributed by atoms with Crippen molar-refractivity contribution in [3.05, 3.63) is 76.6 Å². The number of rotatable bonds is 6. The van der Waals surface area contributed by atoms with Crippen LogP contribution in [0.4, 0.5) is 13.2 Å². The highest BCUT2D eigenvalue weighted by Gasteiger charge is 2.38. The monoisotopic (exact) mass is 503 g/mol. The number of carboxylic acid groups (broad SMARTS) is 1. The molecule has 10 nitrogen and oxygen atoms in total. The number of aliphatic carboxylic acids is 1. The molecule has 0 saturated heterocycles. The lowest BCUT2D eigenvalue weighted by Crippen LogP contribution is -2.29. The fourth-order valence-electron chi connectivity index (χ4n) is 3.03. The molecule has 0 atom stereocenters. The number of carbonyl (C=O) groups excluding carboxylic acids is 1. The number of fused-ring (bicyclic) bond motifs is 1. The van der Waals surface area contributed by atoms with Gasteiger partial charge in [0, 0.05) is 18.3 Å². The van der Waals surface area contributed by atoms with Crippen LogP contribution in [0.2, 0.25) is 0 Å². The van der Waals surface area contributed by atoms with Crippen LogP contribution in [0, 0.1) is 0 Å². The maximum absolute atomic E-state index is 12.5. The van der Waals surface area contributed by atoms with Gasteiger partial charge in [0.05, 0.1) is 24.2 Å². The van der Waals surface area contributed by atoms with Crippen LogP contribution in [-0.4, -0.2) is 57.0 Å².